The minimum atomic E-state index is 0.0535. The lowest BCUT2D eigenvalue weighted by Gasteiger charge is -2.20. The predicted octanol–water partition coefficient (Wildman–Crippen LogP) is 4.34. The third-order valence-corrected chi connectivity index (χ3v) is 3.46. The van der Waals surface area contributed by atoms with Crippen LogP contribution in [0.4, 0.5) is 0 Å². The van der Waals surface area contributed by atoms with Crippen LogP contribution in [0.1, 0.15) is 63.1 Å². The van der Waals surface area contributed by atoms with Crippen LogP contribution in [0.3, 0.4) is 0 Å². The zero-order valence-corrected chi connectivity index (χ0v) is 12.9. The molecule has 0 saturated heterocycles. The average molecular weight is 262 g/mol. The molecular weight excluding hydrogens is 236 g/mol. The fourth-order valence-electron chi connectivity index (χ4n) is 2.20. The van der Waals surface area contributed by atoms with Crippen LogP contribution in [-0.4, -0.2) is 18.8 Å². The number of aliphatic hydroxyl groups excluding tert-OH is 1. The number of rotatable bonds is 5. The van der Waals surface area contributed by atoms with E-state index in [0.29, 0.717) is 11.8 Å². The van der Waals surface area contributed by atoms with Crippen molar-refractivity contribution in [3.8, 4) is 5.75 Å². The fourth-order valence-corrected chi connectivity index (χ4v) is 2.20. The van der Waals surface area contributed by atoms with Crippen molar-refractivity contribution in [2.75, 3.05) is 13.7 Å². The summed E-state index contributed by atoms with van der Waals surface area (Å²) >= 11 is 0. The average Bonchev–Trinajstić information content (AvgIpc) is 2.36. The van der Waals surface area contributed by atoms with E-state index in [0.717, 1.165) is 16.9 Å². The van der Waals surface area contributed by atoms with Gasteiger partial charge in [-0.25, -0.2) is 0 Å². The summed E-state index contributed by atoms with van der Waals surface area (Å²) in [7, 11) is 1.71. The van der Waals surface area contributed by atoms with Gasteiger partial charge in [0.15, 0.2) is 0 Å². The normalized spacial score (nSPS) is 12.4. The zero-order valence-electron chi connectivity index (χ0n) is 12.9. The van der Waals surface area contributed by atoms with Crippen molar-refractivity contribution >= 4 is 5.57 Å². The van der Waals surface area contributed by atoms with E-state index in [4.69, 9.17) is 9.84 Å². The second kappa shape index (κ2) is 6.76. The Labute approximate surface area is 117 Å². The van der Waals surface area contributed by atoms with Gasteiger partial charge in [-0.15, -0.1) is 0 Å². The summed E-state index contributed by atoms with van der Waals surface area (Å²) in [6.07, 6.45) is 1.83. The van der Waals surface area contributed by atoms with Gasteiger partial charge in [-0.2, -0.15) is 0 Å². The van der Waals surface area contributed by atoms with Crippen molar-refractivity contribution in [3.63, 3.8) is 0 Å². The van der Waals surface area contributed by atoms with Gasteiger partial charge in [0, 0.05) is 5.56 Å². The quantitative estimate of drug-likeness (QED) is 0.855. The maximum Gasteiger partial charge on any atom is 0.129 e. The van der Waals surface area contributed by atoms with Crippen molar-refractivity contribution in [1.82, 2.24) is 0 Å². The predicted molar refractivity (Wildman–Crippen MR) is 81.9 cm³/mol. The largest absolute Gasteiger partial charge is 0.496 e. The summed E-state index contributed by atoms with van der Waals surface area (Å²) in [6, 6.07) is 4.42. The molecule has 0 radical (unpaired) electrons. The highest BCUT2D eigenvalue weighted by atomic mass is 16.5. The van der Waals surface area contributed by atoms with Crippen molar-refractivity contribution in [1.29, 1.82) is 0 Å². The van der Waals surface area contributed by atoms with Crippen LogP contribution in [0, 0.1) is 0 Å². The first-order valence-electron chi connectivity index (χ1n) is 6.92. The molecule has 0 spiro atoms. The SMILES string of the molecule is COc1c(/C(C)=C\CO)cc(C(C)C)cc1C(C)C. The molecule has 0 aliphatic rings. The monoisotopic (exact) mass is 262 g/mol. The van der Waals surface area contributed by atoms with Crippen LogP contribution in [-0.2, 0) is 0 Å². The first-order valence-corrected chi connectivity index (χ1v) is 6.92. The maximum absolute atomic E-state index is 9.10. The number of benzene rings is 1. The molecule has 1 aromatic rings. The summed E-state index contributed by atoms with van der Waals surface area (Å²) in [5.74, 6) is 1.82. The number of aliphatic hydroxyl groups is 1. The summed E-state index contributed by atoms with van der Waals surface area (Å²) in [4.78, 5) is 0. The van der Waals surface area contributed by atoms with Crippen LogP contribution in [0.25, 0.3) is 5.57 Å². The molecule has 0 heterocycles. The highest BCUT2D eigenvalue weighted by Crippen LogP contribution is 2.37. The molecule has 0 fully saturated rings. The Kier molecular flexibility index (Phi) is 5.61. The number of ether oxygens (including phenoxy) is 1. The standard InChI is InChI=1S/C17H26O2/c1-11(2)14-9-15(12(3)4)17(19-6)16(10-14)13(5)7-8-18/h7,9-12,18H,8H2,1-6H3/b13-7-. The summed E-state index contributed by atoms with van der Waals surface area (Å²) in [6.45, 7) is 10.8. The number of hydrogen-bond acceptors (Lipinski definition) is 2. The Hall–Kier alpha value is -1.28. The third-order valence-electron chi connectivity index (χ3n) is 3.46. The molecule has 0 bridgehead atoms. The van der Waals surface area contributed by atoms with Crippen LogP contribution in [0.2, 0.25) is 0 Å². The van der Waals surface area contributed by atoms with Gasteiger partial charge >= 0.3 is 0 Å². The molecule has 0 amide bonds. The van der Waals surface area contributed by atoms with E-state index in [2.05, 4.69) is 39.8 Å². The highest BCUT2D eigenvalue weighted by Gasteiger charge is 2.16. The second-order valence-corrected chi connectivity index (χ2v) is 5.57. The van der Waals surface area contributed by atoms with Gasteiger partial charge in [0.25, 0.3) is 0 Å². The van der Waals surface area contributed by atoms with Gasteiger partial charge < -0.3 is 9.84 Å². The van der Waals surface area contributed by atoms with Gasteiger partial charge in [0.1, 0.15) is 5.75 Å². The maximum atomic E-state index is 9.10. The molecule has 2 heteroatoms. The summed E-state index contributed by atoms with van der Waals surface area (Å²) in [5.41, 5.74) is 4.69. The molecule has 0 aliphatic carbocycles. The summed E-state index contributed by atoms with van der Waals surface area (Å²) < 4.78 is 5.62. The molecular formula is C17H26O2. The van der Waals surface area contributed by atoms with Gasteiger partial charge in [0.05, 0.1) is 13.7 Å². The van der Waals surface area contributed by atoms with Crippen molar-refractivity contribution < 1.29 is 9.84 Å². The molecule has 19 heavy (non-hydrogen) atoms. The molecule has 0 unspecified atom stereocenters. The topological polar surface area (TPSA) is 29.5 Å². The molecule has 0 aliphatic heterocycles. The first-order chi connectivity index (χ1) is 8.92. The Bertz CT molecular complexity index is 457. The number of hydrogen-bond donors (Lipinski definition) is 1. The molecule has 2 nitrogen and oxygen atoms in total. The Morgan fingerprint density at radius 3 is 2.26 bits per heavy atom. The molecule has 0 atom stereocenters. The van der Waals surface area contributed by atoms with Gasteiger partial charge in [0.2, 0.25) is 0 Å². The smallest absolute Gasteiger partial charge is 0.129 e. The van der Waals surface area contributed by atoms with E-state index in [1.807, 2.05) is 13.0 Å². The van der Waals surface area contributed by atoms with E-state index < -0.39 is 0 Å². The molecule has 1 aromatic carbocycles. The van der Waals surface area contributed by atoms with Crippen LogP contribution in [0.15, 0.2) is 18.2 Å². The van der Waals surface area contributed by atoms with Crippen LogP contribution < -0.4 is 4.74 Å². The fraction of sp³-hybridized carbons (Fsp3) is 0.529. The van der Waals surface area contributed by atoms with Crippen molar-refractivity contribution in [2.45, 2.75) is 46.5 Å². The minimum absolute atomic E-state index is 0.0535. The molecule has 0 aromatic heterocycles. The number of methoxy groups -OCH3 is 1. The van der Waals surface area contributed by atoms with Gasteiger partial charge in [-0.1, -0.05) is 39.8 Å². The molecule has 0 saturated carbocycles. The Balaban J connectivity index is 3.53. The lowest BCUT2D eigenvalue weighted by atomic mass is 9.89. The third kappa shape index (κ3) is 3.60. The van der Waals surface area contributed by atoms with E-state index >= 15 is 0 Å². The lowest BCUT2D eigenvalue weighted by Crippen LogP contribution is -2.02. The van der Waals surface area contributed by atoms with E-state index in [-0.39, 0.29) is 6.61 Å². The molecule has 1 rings (SSSR count). The Morgan fingerprint density at radius 1 is 1.21 bits per heavy atom. The second-order valence-electron chi connectivity index (χ2n) is 5.57. The highest BCUT2D eigenvalue weighted by molar-refractivity contribution is 5.72. The summed E-state index contributed by atoms with van der Waals surface area (Å²) in [5, 5.41) is 9.10. The minimum Gasteiger partial charge on any atom is -0.496 e. The van der Waals surface area contributed by atoms with E-state index in [1.165, 1.54) is 11.1 Å². The first kappa shape index (κ1) is 15.8. The van der Waals surface area contributed by atoms with E-state index in [9.17, 15) is 0 Å². The Morgan fingerprint density at radius 2 is 1.84 bits per heavy atom. The molecule has 1 N–H and O–H groups in total. The molecule has 106 valence electrons. The van der Waals surface area contributed by atoms with Gasteiger partial charge in [-0.05, 0) is 41.5 Å². The lowest BCUT2D eigenvalue weighted by molar-refractivity contribution is 0.343. The number of allylic oxidation sites excluding steroid dienone is 1. The van der Waals surface area contributed by atoms with Crippen LogP contribution in [0.5, 0.6) is 5.75 Å². The zero-order chi connectivity index (χ0) is 14.6. The van der Waals surface area contributed by atoms with E-state index in [1.54, 1.807) is 7.11 Å². The van der Waals surface area contributed by atoms with Crippen molar-refractivity contribution in [3.05, 3.63) is 34.9 Å². The van der Waals surface area contributed by atoms with Crippen LogP contribution >= 0.6 is 0 Å². The van der Waals surface area contributed by atoms with Gasteiger partial charge in [-0.3, -0.25) is 0 Å². The van der Waals surface area contributed by atoms with Crippen molar-refractivity contribution in [2.24, 2.45) is 0 Å².